The smallest absolute Gasteiger partial charge is 0.239 e. The Morgan fingerprint density at radius 3 is 2.80 bits per heavy atom. The molecule has 2 amide bonds. The molecule has 1 atom stereocenters. The Hall–Kier alpha value is -1.66. The van der Waals surface area contributed by atoms with E-state index in [1.807, 2.05) is 34.5 Å². The summed E-state index contributed by atoms with van der Waals surface area (Å²) in [5.41, 5.74) is 2.00. The number of hydrogen-bond donors (Lipinski definition) is 0. The van der Waals surface area contributed by atoms with Gasteiger partial charge in [-0.25, -0.2) is 0 Å². The number of amides is 2. The van der Waals surface area contributed by atoms with Gasteiger partial charge in [0, 0.05) is 29.3 Å². The average molecular weight is 419 g/mol. The maximum atomic E-state index is 13.1. The SMILES string of the molecule is O=C1C(C(=O)N(Cc2ccsc2)C2CC2)CCN1c1cccc(Br)c1. The number of halogens is 1. The van der Waals surface area contributed by atoms with E-state index in [-0.39, 0.29) is 11.8 Å². The Morgan fingerprint density at radius 2 is 2.12 bits per heavy atom. The number of carbonyl (C=O) groups excluding carboxylic acids is 2. The molecule has 2 aliphatic rings. The van der Waals surface area contributed by atoms with Gasteiger partial charge in [-0.05, 0) is 59.9 Å². The molecule has 1 aromatic heterocycles. The molecule has 1 unspecified atom stereocenters. The van der Waals surface area contributed by atoms with Crippen molar-refractivity contribution in [3.63, 3.8) is 0 Å². The van der Waals surface area contributed by atoms with E-state index in [1.165, 1.54) is 0 Å². The molecule has 1 aromatic carbocycles. The van der Waals surface area contributed by atoms with Crippen LogP contribution in [0.25, 0.3) is 0 Å². The van der Waals surface area contributed by atoms with Crippen LogP contribution in [0.4, 0.5) is 5.69 Å². The minimum atomic E-state index is -0.543. The molecule has 1 aliphatic carbocycles. The molecule has 0 N–H and O–H groups in total. The zero-order valence-corrected chi connectivity index (χ0v) is 16.1. The fourth-order valence-electron chi connectivity index (χ4n) is 3.36. The second kappa shape index (κ2) is 6.92. The largest absolute Gasteiger partial charge is 0.335 e. The number of carbonyl (C=O) groups is 2. The summed E-state index contributed by atoms with van der Waals surface area (Å²) in [5, 5.41) is 4.10. The number of rotatable bonds is 5. The zero-order valence-electron chi connectivity index (χ0n) is 13.7. The highest BCUT2D eigenvalue weighted by Gasteiger charge is 2.43. The summed E-state index contributed by atoms with van der Waals surface area (Å²) in [7, 11) is 0. The molecule has 4 nitrogen and oxygen atoms in total. The molecule has 0 bridgehead atoms. The van der Waals surface area contributed by atoms with Crippen LogP contribution >= 0.6 is 27.3 Å². The van der Waals surface area contributed by atoms with Gasteiger partial charge in [0.05, 0.1) is 0 Å². The van der Waals surface area contributed by atoms with Crippen LogP contribution in [0.5, 0.6) is 0 Å². The van der Waals surface area contributed by atoms with E-state index in [2.05, 4.69) is 27.4 Å². The van der Waals surface area contributed by atoms with Gasteiger partial charge in [0.25, 0.3) is 0 Å². The van der Waals surface area contributed by atoms with Crippen LogP contribution in [-0.2, 0) is 16.1 Å². The third kappa shape index (κ3) is 3.51. The van der Waals surface area contributed by atoms with Crippen molar-refractivity contribution in [2.24, 2.45) is 5.92 Å². The van der Waals surface area contributed by atoms with E-state index in [1.54, 1.807) is 16.2 Å². The number of thiophene rings is 1. The van der Waals surface area contributed by atoms with Crippen molar-refractivity contribution >= 4 is 44.8 Å². The molecule has 0 spiro atoms. The molecule has 1 saturated carbocycles. The molecule has 6 heteroatoms. The van der Waals surface area contributed by atoms with Crippen molar-refractivity contribution in [3.05, 3.63) is 51.1 Å². The molecule has 2 aromatic rings. The first-order valence-corrected chi connectivity index (χ1v) is 10.3. The Labute approximate surface area is 159 Å². The molecular weight excluding hydrogens is 400 g/mol. The molecule has 4 rings (SSSR count). The van der Waals surface area contributed by atoms with Crippen LogP contribution in [0.1, 0.15) is 24.8 Å². The van der Waals surface area contributed by atoms with Gasteiger partial charge in [-0.3, -0.25) is 9.59 Å². The van der Waals surface area contributed by atoms with Gasteiger partial charge >= 0.3 is 0 Å². The summed E-state index contributed by atoms with van der Waals surface area (Å²) in [6.07, 6.45) is 2.69. The number of hydrogen-bond acceptors (Lipinski definition) is 3. The Bertz CT molecular complexity index is 788. The predicted octanol–water partition coefficient (Wildman–Crippen LogP) is 4.05. The molecule has 2 fully saturated rings. The van der Waals surface area contributed by atoms with E-state index in [0.717, 1.165) is 28.6 Å². The molecule has 1 saturated heterocycles. The number of benzene rings is 1. The van der Waals surface area contributed by atoms with E-state index in [9.17, 15) is 9.59 Å². The Balaban J connectivity index is 1.51. The lowest BCUT2D eigenvalue weighted by molar-refractivity contribution is -0.140. The maximum absolute atomic E-state index is 13.1. The molecule has 1 aliphatic heterocycles. The highest BCUT2D eigenvalue weighted by atomic mass is 79.9. The van der Waals surface area contributed by atoms with Crippen LogP contribution in [0.2, 0.25) is 0 Å². The lowest BCUT2D eigenvalue weighted by Gasteiger charge is -2.25. The highest BCUT2D eigenvalue weighted by molar-refractivity contribution is 9.10. The summed E-state index contributed by atoms with van der Waals surface area (Å²) < 4.78 is 0.935. The van der Waals surface area contributed by atoms with Gasteiger partial charge < -0.3 is 9.80 Å². The summed E-state index contributed by atoms with van der Waals surface area (Å²) in [5.74, 6) is -0.617. The van der Waals surface area contributed by atoms with Gasteiger partial charge in [0.15, 0.2) is 0 Å². The van der Waals surface area contributed by atoms with Gasteiger partial charge in [0.1, 0.15) is 5.92 Å². The first-order chi connectivity index (χ1) is 12.1. The van der Waals surface area contributed by atoms with Crippen LogP contribution in [0.3, 0.4) is 0 Å². The second-order valence-corrected chi connectivity index (χ2v) is 8.34. The summed E-state index contributed by atoms with van der Waals surface area (Å²) in [6.45, 7) is 1.22. The maximum Gasteiger partial charge on any atom is 0.239 e. The normalized spacial score (nSPS) is 20.1. The van der Waals surface area contributed by atoms with E-state index in [4.69, 9.17) is 0 Å². The Kier molecular flexibility index (Phi) is 4.65. The number of nitrogens with zero attached hydrogens (tertiary/aromatic N) is 2. The fraction of sp³-hybridized carbons (Fsp3) is 0.368. The summed E-state index contributed by atoms with van der Waals surface area (Å²) in [6, 6.07) is 10.0. The third-order valence-corrected chi connectivity index (χ3v) is 6.05. The van der Waals surface area contributed by atoms with Crippen molar-refractivity contribution in [3.8, 4) is 0 Å². The molecule has 0 radical (unpaired) electrons. The minimum Gasteiger partial charge on any atom is -0.335 e. The van der Waals surface area contributed by atoms with Crippen molar-refractivity contribution < 1.29 is 9.59 Å². The fourth-order valence-corrected chi connectivity index (χ4v) is 4.41. The minimum absolute atomic E-state index is 0.00352. The van der Waals surface area contributed by atoms with Crippen LogP contribution in [0.15, 0.2) is 45.6 Å². The average Bonchev–Trinajstić information content (AvgIpc) is 3.16. The van der Waals surface area contributed by atoms with E-state index in [0.29, 0.717) is 25.6 Å². The summed E-state index contributed by atoms with van der Waals surface area (Å²) >= 11 is 5.08. The first-order valence-electron chi connectivity index (χ1n) is 8.52. The first kappa shape index (κ1) is 16.8. The zero-order chi connectivity index (χ0) is 17.4. The lowest BCUT2D eigenvalue weighted by Crippen LogP contribution is -2.41. The Morgan fingerprint density at radius 1 is 1.28 bits per heavy atom. The topological polar surface area (TPSA) is 40.6 Å². The van der Waals surface area contributed by atoms with Crippen molar-refractivity contribution in [2.75, 3.05) is 11.4 Å². The predicted molar refractivity (Wildman–Crippen MR) is 102 cm³/mol. The molecule has 25 heavy (non-hydrogen) atoms. The van der Waals surface area contributed by atoms with E-state index < -0.39 is 5.92 Å². The highest BCUT2D eigenvalue weighted by Crippen LogP contribution is 2.34. The van der Waals surface area contributed by atoms with Crippen molar-refractivity contribution in [2.45, 2.75) is 31.8 Å². The number of anilines is 1. The molecule has 2 heterocycles. The second-order valence-electron chi connectivity index (χ2n) is 6.64. The van der Waals surface area contributed by atoms with Crippen molar-refractivity contribution in [1.82, 2.24) is 4.90 Å². The van der Waals surface area contributed by atoms with Gasteiger partial charge in [-0.2, -0.15) is 11.3 Å². The van der Waals surface area contributed by atoms with Gasteiger partial charge in [-0.1, -0.05) is 22.0 Å². The monoisotopic (exact) mass is 418 g/mol. The van der Waals surface area contributed by atoms with Gasteiger partial charge in [0.2, 0.25) is 11.8 Å². The van der Waals surface area contributed by atoms with E-state index >= 15 is 0 Å². The summed E-state index contributed by atoms with van der Waals surface area (Å²) in [4.78, 5) is 29.6. The van der Waals surface area contributed by atoms with Crippen molar-refractivity contribution in [1.29, 1.82) is 0 Å². The van der Waals surface area contributed by atoms with Crippen LogP contribution in [-0.4, -0.2) is 29.3 Å². The lowest BCUT2D eigenvalue weighted by atomic mass is 10.1. The quantitative estimate of drug-likeness (QED) is 0.686. The van der Waals surface area contributed by atoms with Crippen LogP contribution < -0.4 is 4.90 Å². The molecular formula is C19H19BrN2O2S. The third-order valence-electron chi connectivity index (χ3n) is 4.83. The standard InChI is InChI=1S/C19H19BrN2O2S/c20-14-2-1-3-16(10-14)21-8-6-17(18(21)23)19(24)22(15-4-5-15)11-13-7-9-25-12-13/h1-3,7,9-10,12,15,17H,4-6,8,11H2. The van der Waals surface area contributed by atoms with Gasteiger partial charge in [-0.15, -0.1) is 0 Å². The molecule has 130 valence electrons. The van der Waals surface area contributed by atoms with Crippen LogP contribution in [0, 0.1) is 5.92 Å².